The number of amides is 1. The van der Waals surface area contributed by atoms with Crippen molar-refractivity contribution in [3.05, 3.63) is 0 Å². The fourth-order valence-corrected chi connectivity index (χ4v) is 3.25. The summed E-state index contributed by atoms with van der Waals surface area (Å²) in [7, 11) is 0. The smallest absolute Gasteiger partial charge is 0.410 e. The molecule has 0 bridgehead atoms. The molecule has 1 saturated heterocycles. The molecule has 1 saturated carbocycles. The van der Waals surface area contributed by atoms with Gasteiger partial charge in [-0.15, -0.1) is 0 Å². The number of hydrogen-bond acceptors (Lipinski definition) is 3. The maximum atomic E-state index is 12.1. The van der Waals surface area contributed by atoms with Crippen LogP contribution in [0.3, 0.4) is 0 Å². The highest BCUT2D eigenvalue weighted by molar-refractivity contribution is 7.59. The first kappa shape index (κ1) is 18.9. The Balaban J connectivity index is 0.00000162. The summed E-state index contributed by atoms with van der Waals surface area (Å²) in [6, 6.07) is 0.192. The Morgan fingerprint density at radius 3 is 2.47 bits per heavy atom. The number of hydrogen-bond donors (Lipinski definition) is 1. The molecule has 1 aliphatic carbocycles. The second-order valence-electron chi connectivity index (χ2n) is 6.29. The number of carbonyl (C=O) groups is 1. The minimum Gasteiger partial charge on any atom is -0.444 e. The molecule has 2 aliphatic rings. The molecule has 0 unspecified atom stereocenters. The van der Waals surface area contributed by atoms with Crippen LogP contribution >= 0.6 is 27.0 Å². The van der Waals surface area contributed by atoms with Gasteiger partial charge >= 0.3 is 6.09 Å². The Kier molecular flexibility index (Phi) is 7.06. The highest BCUT2D eigenvalue weighted by Crippen LogP contribution is 2.42. The van der Waals surface area contributed by atoms with Crippen LogP contribution in [0.1, 0.15) is 40.0 Å². The van der Waals surface area contributed by atoms with Gasteiger partial charge in [-0.3, -0.25) is 0 Å². The number of carbonyl (C=O) groups excluding carboxylic acids is 1. The van der Waals surface area contributed by atoms with E-state index in [-0.39, 0.29) is 39.1 Å². The molecular formula is C13H28N2O2S2. The minimum absolute atomic E-state index is 0. The van der Waals surface area contributed by atoms with Crippen molar-refractivity contribution in [1.82, 2.24) is 4.90 Å². The zero-order valence-electron chi connectivity index (χ0n) is 12.1. The second-order valence-corrected chi connectivity index (χ2v) is 6.29. The van der Waals surface area contributed by atoms with E-state index in [9.17, 15) is 4.79 Å². The molecular weight excluding hydrogens is 280 g/mol. The molecule has 0 aromatic carbocycles. The van der Waals surface area contributed by atoms with Gasteiger partial charge in [-0.05, 0) is 45.4 Å². The summed E-state index contributed by atoms with van der Waals surface area (Å²) in [5, 5.41) is 0. The minimum atomic E-state index is -0.423. The average molecular weight is 309 g/mol. The molecule has 2 rings (SSSR count). The number of fused-ring (bicyclic) bond motifs is 1. The second kappa shape index (κ2) is 7.09. The van der Waals surface area contributed by atoms with E-state index < -0.39 is 5.60 Å². The van der Waals surface area contributed by atoms with Crippen LogP contribution in [0.2, 0.25) is 0 Å². The summed E-state index contributed by atoms with van der Waals surface area (Å²) in [4.78, 5) is 14.0. The van der Waals surface area contributed by atoms with Crippen molar-refractivity contribution in [3.63, 3.8) is 0 Å². The summed E-state index contributed by atoms with van der Waals surface area (Å²) in [6.45, 7) is 7.10. The first-order valence-electron chi connectivity index (χ1n) is 6.62. The van der Waals surface area contributed by atoms with Crippen LogP contribution in [-0.4, -0.2) is 35.7 Å². The van der Waals surface area contributed by atoms with Crippen molar-refractivity contribution in [2.24, 2.45) is 17.6 Å². The monoisotopic (exact) mass is 308 g/mol. The summed E-state index contributed by atoms with van der Waals surface area (Å²) < 4.78 is 5.45. The quantitative estimate of drug-likeness (QED) is 0.808. The SMILES string of the molecule is CC(C)(C)OC(=O)N1C[C@@H]2CCC[C@@H]2[C@H]1CN.S.S. The van der Waals surface area contributed by atoms with Crippen LogP contribution in [0.4, 0.5) is 4.79 Å². The molecule has 1 aliphatic heterocycles. The number of ether oxygens (including phenoxy) is 1. The molecule has 1 heterocycles. The van der Waals surface area contributed by atoms with E-state index in [0.29, 0.717) is 18.4 Å². The molecule has 0 spiro atoms. The van der Waals surface area contributed by atoms with Gasteiger partial charge in [-0.2, -0.15) is 27.0 Å². The maximum Gasteiger partial charge on any atom is 0.410 e. The zero-order valence-corrected chi connectivity index (χ0v) is 14.1. The maximum absolute atomic E-state index is 12.1. The Labute approximate surface area is 130 Å². The van der Waals surface area contributed by atoms with E-state index in [1.165, 1.54) is 19.3 Å². The van der Waals surface area contributed by atoms with E-state index in [2.05, 4.69) is 0 Å². The van der Waals surface area contributed by atoms with Crippen LogP contribution in [0, 0.1) is 11.8 Å². The lowest BCUT2D eigenvalue weighted by atomic mass is 9.94. The number of rotatable bonds is 1. The lowest BCUT2D eigenvalue weighted by Crippen LogP contribution is -2.45. The fraction of sp³-hybridized carbons (Fsp3) is 0.923. The van der Waals surface area contributed by atoms with Gasteiger partial charge in [0.2, 0.25) is 0 Å². The topological polar surface area (TPSA) is 55.6 Å². The van der Waals surface area contributed by atoms with E-state index >= 15 is 0 Å². The summed E-state index contributed by atoms with van der Waals surface area (Å²) in [5.41, 5.74) is 5.41. The average Bonchev–Trinajstić information content (AvgIpc) is 2.72. The van der Waals surface area contributed by atoms with Gasteiger partial charge in [0, 0.05) is 13.1 Å². The Morgan fingerprint density at radius 2 is 1.95 bits per heavy atom. The highest BCUT2D eigenvalue weighted by atomic mass is 32.1. The van der Waals surface area contributed by atoms with E-state index in [4.69, 9.17) is 10.5 Å². The third-order valence-electron chi connectivity index (χ3n) is 3.91. The van der Waals surface area contributed by atoms with E-state index in [0.717, 1.165) is 6.54 Å². The van der Waals surface area contributed by atoms with Gasteiger partial charge in [-0.1, -0.05) is 6.42 Å². The molecule has 0 aromatic heterocycles. The van der Waals surface area contributed by atoms with Crippen LogP contribution in [-0.2, 0) is 4.74 Å². The van der Waals surface area contributed by atoms with Crippen LogP contribution in [0.15, 0.2) is 0 Å². The summed E-state index contributed by atoms with van der Waals surface area (Å²) >= 11 is 0. The Hall–Kier alpha value is -0.0700. The van der Waals surface area contributed by atoms with Crippen LogP contribution in [0.5, 0.6) is 0 Å². The first-order valence-corrected chi connectivity index (χ1v) is 6.62. The molecule has 0 aromatic rings. The number of likely N-dealkylation sites (tertiary alicyclic amines) is 1. The van der Waals surface area contributed by atoms with Gasteiger partial charge < -0.3 is 15.4 Å². The number of nitrogens with zero attached hydrogens (tertiary/aromatic N) is 1. The molecule has 2 fully saturated rings. The van der Waals surface area contributed by atoms with Crippen molar-refractivity contribution >= 4 is 33.1 Å². The van der Waals surface area contributed by atoms with Gasteiger partial charge in [0.15, 0.2) is 0 Å². The van der Waals surface area contributed by atoms with Crippen molar-refractivity contribution in [3.8, 4) is 0 Å². The van der Waals surface area contributed by atoms with Gasteiger partial charge in [0.1, 0.15) is 5.60 Å². The van der Waals surface area contributed by atoms with Crippen LogP contribution < -0.4 is 5.73 Å². The largest absolute Gasteiger partial charge is 0.444 e. The first-order chi connectivity index (χ1) is 7.92. The lowest BCUT2D eigenvalue weighted by molar-refractivity contribution is 0.0208. The number of nitrogens with two attached hydrogens (primary N) is 1. The predicted molar refractivity (Wildman–Crippen MR) is 87.4 cm³/mol. The lowest BCUT2D eigenvalue weighted by Gasteiger charge is -2.29. The van der Waals surface area contributed by atoms with Crippen molar-refractivity contribution in [2.75, 3.05) is 13.1 Å². The molecule has 19 heavy (non-hydrogen) atoms. The van der Waals surface area contributed by atoms with Gasteiger partial charge in [0.25, 0.3) is 0 Å². The van der Waals surface area contributed by atoms with Crippen molar-refractivity contribution in [2.45, 2.75) is 51.7 Å². The van der Waals surface area contributed by atoms with Gasteiger partial charge in [0.05, 0.1) is 6.04 Å². The molecule has 114 valence electrons. The fourth-order valence-electron chi connectivity index (χ4n) is 3.25. The molecule has 2 N–H and O–H groups in total. The van der Waals surface area contributed by atoms with E-state index in [1.807, 2.05) is 25.7 Å². The Morgan fingerprint density at radius 1 is 1.32 bits per heavy atom. The predicted octanol–water partition coefficient (Wildman–Crippen LogP) is 2.21. The van der Waals surface area contributed by atoms with E-state index in [1.54, 1.807) is 0 Å². The highest BCUT2D eigenvalue weighted by Gasteiger charge is 2.46. The summed E-state index contributed by atoms with van der Waals surface area (Å²) in [5.74, 6) is 1.25. The normalized spacial score (nSPS) is 29.3. The molecule has 1 amide bonds. The standard InChI is InChI=1S/C13H24N2O2.2H2S/c1-13(2,3)17-12(16)15-8-9-5-4-6-10(9)11(15)7-14;;/h9-11H,4-8,14H2,1-3H3;2*1H2/t9-,10-,11+;;/m0../s1. The molecule has 4 nitrogen and oxygen atoms in total. The van der Waals surface area contributed by atoms with Crippen LogP contribution in [0.25, 0.3) is 0 Å². The molecule has 3 atom stereocenters. The summed E-state index contributed by atoms with van der Waals surface area (Å²) in [6.07, 6.45) is 3.54. The van der Waals surface area contributed by atoms with Gasteiger partial charge in [-0.25, -0.2) is 4.79 Å². The third-order valence-corrected chi connectivity index (χ3v) is 3.91. The van der Waals surface area contributed by atoms with Crippen molar-refractivity contribution in [1.29, 1.82) is 0 Å². The zero-order chi connectivity index (χ0) is 12.6. The van der Waals surface area contributed by atoms with Crippen molar-refractivity contribution < 1.29 is 9.53 Å². The third kappa shape index (κ3) is 4.20. The molecule has 6 heteroatoms. The molecule has 0 radical (unpaired) electrons. The Bertz CT molecular complexity index is 308.